The van der Waals surface area contributed by atoms with Crippen molar-refractivity contribution < 1.29 is 9.53 Å². The minimum Gasteiger partial charge on any atom is -0.383 e. The lowest BCUT2D eigenvalue weighted by atomic mass is 10.3. The number of nitrogens with two attached hydrogens (primary N) is 1. The molecule has 2 N–H and O–H groups in total. The van der Waals surface area contributed by atoms with Crippen LogP contribution in [-0.4, -0.2) is 44.2 Å². The predicted octanol–water partition coefficient (Wildman–Crippen LogP) is 1.03. The van der Waals surface area contributed by atoms with Crippen LogP contribution in [0.4, 0.5) is 0 Å². The molecule has 4 nitrogen and oxygen atoms in total. The molecular formula is C10H23ClN2O2. The van der Waals surface area contributed by atoms with Crippen LogP contribution in [0.15, 0.2) is 0 Å². The summed E-state index contributed by atoms with van der Waals surface area (Å²) in [5.74, 6) is 0.137. The maximum Gasteiger partial charge on any atom is 0.223 e. The Balaban J connectivity index is 0. The quantitative estimate of drug-likeness (QED) is 0.687. The van der Waals surface area contributed by atoms with Gasteiger partial charge in [0.2, 0.25) is 5.91 Å². The molecule has 0 heterocycles. The van der Waals surface area contributed by atoms with Crippen molar-refractivity contribution in [3.63, 3.8) is 0 Å². The summed E-state index contributed by atoms with van der Waals surface area (Å²) in [6.07, 6.45) is 2.58. The van der Waals surface area contributed by atoms with E-state index in [1.165, 1.54) is 0 Å². The van der Waals surface area contributed by atoms with Gasteiger partial charge in [-0.05, 0) is 6.42 Å². The van der Waals surface area contributed by atoms with Gasteiger partial charge in [0.25, 0.3) is 0 Å². The number of carbonyl (C=O) groups is 1. The third-order valence-corrected chi connectivity index (χ3v) is 2.06. The van der Waals surface area contributed by atoms with Crippen molar-refractivity contribution in [2.45, 2.75) is 26.2 Å². The molecule has 0 rings (SSSR count). The summed E-state index contributed by atoms with van der Waals surface area (Å²) in [6, 6.07) is 0. The van der Waals surface area contributed by atoms with Gasteiger partial charge in [0.15, 0.2) is 0 Å². The lowest BCUT2D eigenvalue weighted by Crippen LogP contribution is -2.35. The number of nitrogens with zero attached hydrogens (tertiary/aromatic N) is 1. The molecule has 0 fully saturated rings. The van der Waals surface area contributed by atoms with Gasteiger partial charge in [0, 0.05) is 33.2 Å². The summed E-state index contributed by atoms with van der Waals surface area (Å²) < 4.78 is 4.96. The average molecular weight is 239 g/mol. The van der Waals surface area contributed by atoms with E-state index >= 15 is 0 Å². The topological polar surface area (TPSA) is 55.6 Å². The average Bonchev–Trinajstić information content (AvgIpc) is 2.18. The largest absolute Gasteiger partial charge is 0.383 e. The molecule has 15 heavy (non-hydrogen) atoms. The number of methoxy groups -OCH3 is 1. The normalized spacial score (nSPS) is 9.53. The van der Waals surface area contributed by atoms with Gasteiger partial charge in [-0.15, -0.1) is 12.4 Å². The number of ether oxygens (including phenoxy) is 1. The van der Waals surface area contributed by atoms with Gasteiger partial charge < -0.3 is 15.4 Å². The second-order valence-corrected chi connectivity index (χ2v) is 3.27. The smallest absolute Gasteiger partial charge is 0.223 e. The Labute approximate surface area is 98.6 Å². The van der Waals surface area contributed by atoms with Gasteiger partial charge >= 0.3 is 0 Å². The first-order valence-electron chi connectivity index (χ1n) is 5.23. The number of unbranched alkanes of at least 4 members (excludes halogenated alkanes) is 1. The van der Waals surface area contributed by atoms with E-state index in [1.54, 1.807) is 7.11 Å². The molecule has 0 unspecified atom stereocenters. The van der Waals surface area contributed by atoms with Crippen molar-refractivity contribution in [2.24, 2.45) is 5.73 Å². The molecule has 0 aromatic heterocycles. The highest BCUT2D eigenvalue weighted by Crippen LogP contribution is 1.98. The fourth-order valence-corrected chi connectivity index (χ4v) is 1.19. The van der Waals surface area contributed by atoms with Crippen molar-refractivity contribution in [1.82, 2.24) is 4.90 Å². The number of amides is 1. The van der Waals surface area contributed by atoms with E-state index in [9.17, 15) is 4.79 Å². The van der Waals surface area contributed by atoms with E-state index in [0.717, 1.165) is 19.4 Å². The molecule has 0 aromatic carbocycles. The van der Waals surface area contributed by atoms with E-state index in [0.29, 0.717) is 26.1 Å². The molecule has 0 bridgehead atoms. The summed E-state index contributed by atoms with van der Waals surface area (Å²) in [4.78, 5) is 13.4. The van der Waals surface area contributed by atoms with Crippen LogP contribution < -0.4 is 5.73 Å². The van der Waals surface area contributed by atoms with Crippen LogP contribution in [0.25, 0.3) is 0 Å². The van der Waals surface area contributed by atoms with Gasteiger partial charge in [0.1, 0.15) is 0 Å². The van der Waals surface area contributed by atoms with Crippen molar-refractivity contribution in [2.75, 3.05) is 33.4 Å². The van der Waals surface area contributed by atoms with Gasteiger partial charge in [-0.1, -0.05) is 13.3 Å². The van der Waals surface area contributed by atoms with E-state index < -0.39 is 0 Å². The summed E-state index contributed by atoms with van der Waals surface area (Å²) in [7, 11) is 1.64. The number of rotatable bonds is 8. The molecule has 0 radical (unpaired) electrons. The van der Waals surface area contributed by atoms with Crippen LogP contribution in [0, 0.1) is 0 Å². The molecule has 0 saturated heterocycles. The number of carbonyl (C=O) groups excluding carboxylic acids is 1. The van der Waals surface area contributed by atoms with Crippen molar-refractivity contribution >= 4 is 18.3 Å². The Hall–Kier alpha value is -0.320. The minimum absolute atomic E-state index is 0. The molecule has 0 aliphatic heterocycles. The van der Waals surface area contributed by atoms with Crippen LogP contribution in [0.3, 0.4) is 0 Å². The number of hydrogen-bond donors (Lipinski definition) is 1. The molecule has 92 valence electrons. The molecule has 0 aliphatic carbocycles. The monoisotopic (exact) mass is 238 g/mol. The second-order valence-electron chi connectivity index (χ2n) is 3.27. The van der Waals surface area contributed by atoms with Crippen molar-refractivity contribution in [3.05, 3.63) is 0 Å². The maximum atomic E-state index is 11.5. The Morgan fingerprint density at radius 1 is 1.40 bits per heavy atom. The number of halogens is 1. The highest BCUT2D eigenvalue weighted by atomic mass is 35.5. The number of hydrogen-bond acceptors (Lipinski definition) is 3. The first kappa shape index (κ1) is 17.1. The molecule has 0 saturated carbocycles. The van der Waals surface area contributed by atoms with Gasteiger partial charge in [0.05, 0.1) is 6.61 Å². The summed E-state index contributed by atoms with van der Waals surface area (Å²) >= 11 is 0. The third kappa shape index (κ3) is 8.66. The molecule has 1 amide bonds. The minimum atomic E-state index is 0. The third-order valence-electron chi connectivity index (χ3n) is 2.06. The Kier molecular flexibility index (Phi) is 13.4. The van der Waals surface area contributed by atoms with Crippen LogP contribution in [0.5, 0.6) is 0 Å². The van der Waals surface area contributed by atoms with E-state index in [4.69, 9.17) is 10.5 Å². The first-order valence-corrected chi connectivity index (χ1v) is 5.23. The van der Waals surface area contributed by atoms with Crippen molar-refractivity contribution in [3.8, 4) is 0 Å². The zero-order valence-electron chi connectivity index (χ0n) is 9.70. The van der Waals surface area contributed by atoms with E-state index in [-0.39, 0.29) is 18.3 Å². The zero-order chi connectivity index (χ0) is 10.8. The highest BCUT2D eigenvalue weighted by Gasteiger charge is 2.10. The molecule has 0 spiro atoms. The van der Waals surface area contributed by atoms with E-state index in [2.05, 4.69) is 6.92 Å². The van der Waals surface area contributed by atoms with Crippen LogP contribution >= 0.6 is 12.4 Å². The fourth-order valence-electron chi connectivity index (χ4n) is 1.19. The standard InChI is InChI=1S/C10H22N2O2.ClH/c1-3-4-7-12(8-9-14-2)10(13)5-6-11;/h3-9,11H2,1-2H3;1H. The molecule has 0 atom stereocenters. The van der Waals surface area contributed by atoms with Crippen LogP contribution in [0.2, 0.25) is 0 Å². The Morgan fingerprint density at radius 3 is 2.53 bits per heavy atom. The second kappa shape index (κ2) is 11.8. The Morgan fingerprint density at radius 2 is 2.07 bits per heavy atom. The summed E-state index contributed by atoms with van der Waals surface area (Å²) in [5.41, 5.74) is 5.35. The summed E-state index contributed by atoms with van der Waals surface area (Å²) in [5, 5.41) is 0. The SMILES string of the molecule is CCCCN(CCOC)C(=O)CCN.Cl. The fraction of sp³-hybridized carbons (Fsp3) is 0.900. The maximum absolute atomic E-state index is 11.5. The van der Waals surface area contributed by atoms with Crippen LogP contribution in [0.1, 0.15) is 26.2 Å². The molecule has 0 aliphatic rings. The first-order chi connectivity index (χ1) is 6.76. The van der Waals surface area contributed by atoms with Gasteiger partial charge in [-0.2, -0.15) is 0 Å². The Bertz CT molecular complexity index is 148. The molecular weight excluding hydrogens is 216 g/mol. The lowest BCUT2D eigenvalue weighted by molar-refractivity contribution is -0.131. The van der Waals surface area contributed by atoms with Gasteiger partial charge in [-0.3, -0.25) is 4.79 Å². The lowest BCUT2D eigenvalue weighted by Gasteiger charge is -2.21. The van der Waals surface area contributed by atoms with Crippen LogP contribution in [-0.2, 0) is 9.53 Å². The van der Waals surface area contributed by atoms with Crippen molar-refractivity contribution in [1.29, 1.82) is 0 Å². The molecule has 5 heteroatoms. The predicted molar refractivity (Wildman–Crippen MR) is 64.3 cm³/mol. The zero-order valence-corrected chi connectivity index (χ0v) is 10.5. The highest BCUT2D eigenvalue weighted by molar-refractivity contribution is 5.85. The molecule has 0 aromatic rings. The summed E-state index contributed by atoms with van der Waals surface area (Å²) in [6.45, 7) is 4.63. The van der Waals surface area contributed by atoms with E-state index in [1.807, 2.05) is 4.90 Å². The van der Waals surface area contributed by atoms with Gasteiger partial charge in [-0.25, -0.2) is 0 Å².